The second-order valence-corrected chi connectivity index (χ2v) is 6.51. The Morgan fingerprint density at radius 1 is 1.00 bits per heavy atom. The SMILES string of the molecule is COc1cc(OC)cc(C(=O)N/N=C/c2ccc(OCC(=O)NCc3ccco3)cc2)c1. The molecule has 2 aromatic carbocycles. The van der Waals surface area contributed by atoms with Crippen molar-refractivity contribution in [2.24, 2.45) is 5.10 Å². The summed E-state index contributed by atoms with van der Waals surface area (Å²) < 4.78 is 20.9. The topological polar surface area (TPSA) is 111 Å². The highest BCUT2D eigenvalue weighted by Gasteiger charge is 2.09. The molecule has 32 heavy (non-hydrogen) atoms. The summed E-state index contributed by atoms with van der Waals surface area (Å²) in [5.74, 6) is 1.54. The van der Waals surface area contributed by atoms with Gasteiger partial charge < -0.3 is 23.9 Å². The molecule has 0 fully saturated rings. The van der Waals surface area contributed by atoms with E-state index in [1.807, 2.05) is 0 Å². The average Bonchev–Trinajstić information content (AvgIpc) is 3.35. The lowest BCUT2D eigenvalue weighted by atomic mass is 10.2. The number of nitrogens with zero attached hydrogens (tertiary/aromatic N) is 1. The summed E-state index contributed by atoms with van der Waals surface area (Å²) in [4.78, 5) is 24.1. The number of benzene rings is 2. The fraction of sp³-hybridized carbons (Fsp3) is 0.174. The number of amides is 2. The molecule has 0 bridgehead atoms. The smallest absolute Gasteiger partial charge is 0.271 e. The van der Waals surface area contributed by atoms with Crippen molar-refractivity contribution in [2.45, 2.75) is 6.54 Å². The van der Waals surface area contributed by atoms with Crippen LogP contribution in [0.2, 0.25) is 0 Å². The van der Waals surface area contributed by atoms with Gasteiger partial charge in [0.1, 0.15) is 23.0 Å². The van der Waals surface area contributed by atoms with Gasteiger partial charge in [0, 0.05) is 11.6 Å². The standard InChI is InChI=1S/C23H23N3O6/c1-29-20-10-17(11-21(12-20)30-2)23(28)26-25-13-16-5-7-18(8-6-16)32-15-22(27)24-14-19-4-3-9-31-19/h3-13H,14-15H2,1-2H3,(H,24,27)(H,26,28)/b25-13+. The van der Waals surface area contributed by atoms with Crippen LogP contribution in [-0.2, 0) is 11.3 Å². The number of carbonyl (C=O) groups is 2. The first-order valence-electron chi connectivity index (χ1n) is 9.66. The predicted molar refractivity (Wildman–Crippen MR) is 117 cm³/mol. The molecule has 0 radical (unpaired) electrons. The molecule has 166 valence electrons. The van der Waals surface area contributed by atoms with Crippen LogP contribution < -0.4 is 25.0 Å². The number of furan rings is 1. The van der Waals surface area contributed by atoms with Gasteiger partial charge in [-0.15, -0.1) is 0 Å². The van der Waals surface area contributed by atoms with Gasteiger partial charge in [0.05, 0.1) is 33.2 Å². The molecule has 0 saturated carbocycles. The summed E-state index contributed by atoms with van der Waals surface area (Å²) in [6, 6.07) is 15.3. The molecule has 1 heterocycles. The Labute approximate surface area is 185 Å². The van der Waals surface area contributed by atoms with Gasteiger partial charge in [0.15, 0.2) is 6.61 Å². The second kappa shape index (κ2) is 11.2. The van der Waals surface area contributed by atoms with Crippen LogP contribution in [0.15, 0.2) is 70.4 Å². The molecule has 3 rings (SSSR count). The maximum absolute atomic E-state index is 12.3. The van der Waals surface area contributed by atoms with Gasteiger partial charge in [0.2, 0.25) is 0 Å². The lowest BCUT2D eigenvalue weighted by Gasteiger charge is -2.07. The summed E-state index contributed by atoms with van der Waals surface area (Å²) >= 11 is 0. The van der Waals surface area contributed by atoms with E-state index < -0.39 is 5.91 Å². The van der Waals surface area contributed by atoms with E-state index in [-0.39, 0.29) is 12.5 Å². The highest BCUT2D eigenvalue weighted by molar-refractivity contribution is 5.95. The fourth-order valence-corrected chi connectivity index (χ4v) is 2.62. The van der Waals surface area contributed by atoms with Crippen LogP contribution in [0.5, 0.6) is 17.2 Å². The predicted octanol–water partition coefficient (Wildman–Crippen LogP) is 2.76. The first kappa shape index (κ1) is 22.4. The largest absolute Gasteiger partial charge is 0.497 e. The molecule has 0 aliphatic rings. The van der Waals surface area contributed by atoms with E-state index in [1.54, 1.807) is 60.9 Å². The maximum atomic E-state index is 12.3. The molecule has 0 aliphatic heterocycles. The molecular formula is C23H23N3O6. The van der Waals surface area contributed by atoms with E-state index in [2.05, 4.69) is 15.8 Å². The van der Waals surface area contributed by atoms with E-state index >= 15 is 0 Å². The second-order valence-electron chi connectivity index (χ2n) is 6.51. The summed E-state index contributed by atoms with van der Waals surface area (Å²) in [5.41, 5.74) is 3.55. The third-order valence-corrected chi connectivity index (χ3v) is 4.28. The van der Waals surface area contributed by atoms with Gasteiger partial charge >= 0.3 is 0 Å². The van der Waals surface area contributed by atoms with E-state index in [0.29, 0.717) is 35.1 Å². The normalized spacial score (nSPS) is 10.6. The molecule has 3 aromatic rings. The number of hydrogen-bond acceptors (Lipinski definition) is 7. The number of rotatable bonds is 10. The number of ether oxygens (including phenoxy) is 3. The van der Waals surface area contributed by atoms with E-state index in [4.69, 9.17) is 18.6 Å². The molecule has 0 unspecified atom stereocenters. The van der Waals surface area contributed by atoms with Crippen molar-refractivity contribution in [1.29, 1.82) is 0 Å². The van der Waals surface area contributed by atoms with Crippen molar-refractivity contribution in [1.82, 2.24) is 10.7 Å². The highest BCUT2D eigenvalue weighted by atomic mass is 16.5. The van der Waals surface area contributed by atoms with Gasteiger partial charge in [0.25, 0.3) is 11.8 Å². The zero-order chi connectivity index (χ0) is 22.8. The third-order valence-electron chi connectivity index (χ3n) is 4.28. The molecule has 0 aliphatic carbocycles. The quantitative estimate of drug-likeness (QED) is 0.373. The van der Waals surface area contributed by atoms with Crippen molar-refractivity contribution < 1.29 is 28.2 Å². The Balaban J connectivity index is 1.46. The van der Waals surface area contributed by atoms with Gasteiger partial charge in [-0.2, -0.15) is 5.10 Å². The van der Waals surface area contributed by atoms with Crippen LogP contribution in [0.25, 0.3) is 0 Å². The van der Waals surface area contributed by atoms with Crippen LogP contribution >= 0.6 is 0 Å². The number of methoxy groups -OCH3 is 2. The van der Waals surface area contributed by atoms with Gasteiger partial charge in [-0.25, -0.2) is 5.43 Å². The molecule has 9 nitrogen and oxygen atoms in total. The summed E-state index contributed by atoms with van der Waals surface area (Å²) in [5, 5.41) is 6.66. The van der Waals surface area contributed by atoms with Crippen LogP contribution in [0.4, 0.5) is 0 Å². The van der Waals surface area contributed by atoms with Crippen LogP contribution in [0.3, 0.4) is 0 Å². The Bertz CT molecular complexity index is 1040. The molecule has 1 aromatic heterocycles. The minimum absolute atomic E-state index is 0.117. The van der Waals surface area contributed by atoms with Crippen LogP contribution in [0.1, 0.15) is 21.7 Å². The Morgan fingerprint density at radius 3 is 2.34 bits per heavy atom. The molecule has 2 amide bonds. The molecule has 9 heteroatoms. The van der Waals surface area contributed by atoms with Crippen molar-refractivity contribution >= 4 is 18.0 Å². The minimum Gasteiger partial charge on any atom is -0.497 e. The first-order chi connectivity index (χ1) is 15.6. The van der Waals surface area contributed by atoms with E-state index in [0.717, 1.165) is 5.56 Å². The Morgan fingerprint density at radius 2 is 1.72 bits per heavy atom. The molecular weight excluding hydrogens is 414 g/mol. The third kappa shape index (κ3) is 6.63. The van der Waals surface area contributed by atoms with Crippen molar-refractivity contribution in [3.05, 3.63) is 77.7 Å². The van der Waals surface area contributed by atoms with Crippen molar-refractivity contribution in [3.63, 3.8) is 0 Å². The minimum atomic E-state index is -0.404. The molecule has 0 atom stereocenters. The lowest BCUT2D eigenvalue weighted by Crippen LogP contribution is -2.28. The Kier molecular flexibility index (Phi) is 7.85. The Hall–Kier alpha value is -4.27. The lowest BCUT2D eigenvalue weighted by molar-refractivity contribution is -0.123. The number of hydrazone groups is 1. The van der Waals surface area contributed by atoms with Crippen molar-refractivity contribution in [3.8, 4) is 17.2 Å². The van der Waals surface area contributed by atoms with Crippen LogP contribution in [0, 0.1) is 0 Å². The monoisotopic (exact) mass is 437 g/mol. The van der Waals surface area contributed by atoms with Gasteiger partial charge in [-0.3, -0.25) is 9.59 Å². The van der Waals surface area contributed by atoms with Crippen LogP contribution in [-0.4, -0.2) is 38.9 Å². The first-order valence-corrected chi connectivity index (χ1v) is 9.66. The van der Waals surface area contributed by atoms with Crippen molar-refractivity contribution in [2.75, 3.05) is 20.8 Å². The number of hydrogen-bond donors (Lipinski definition) is 2. The van der Waals surface area contributed by atoms with Gasteiger partial charge in [-0.05, 0) is 54.1 Å². The maximum Gasteiger partial charge on any atom is 0.271 e. The average molecular weight is 437 g/mol. The number of nitrogens with one attached hydrogen (secondary N) is 2. The highest BCUT2D eigenvalue weighted by Crippen LogP contribution is 2.22. The molecule has 0 spiro atoms. The fourth-order valence-electron chi connectivity index (χ4n) is 2.62. The zero-order valence-electron chi connectivity index (χ0n) is 17.7. The van der Waals surface area contributed by atoms with Gasteiger partial charge in [-0.1, -0.05) is 0 Å². The number of carbonyl (C=O) groups excluding carboxylic acids is 2. The molecule has 0 saturated heterocycles. The molecule has 2 N–H and O–H groups in total. The summed E-state index contributed by atoms with van der Waals surface area (Å²) in [6.07, 6.45) is 3.04. The van der Waals surface area contributed by atoms with E-state index in [9.17, 15) is 9.59 Å². The zero-order valence-corrected chi connectivity index (χ0v) is 17.7. The summed E-state index contributed by atoms with van der Waals surface area (Å²) in [7, 11) is 3.02. The summed E-state index contributed by atoms with van der Waals surface area (Å²) in [6.45, 7) is 0.188. The van der Waals surface area contributed by atoms with E-state index in [1.165, 1.54) is 20.4 Å².